The zero-order chi connectivity index (χ0) is 25.5. The van der Waals surface area contributed by atoms with Crippen LogP contribution in [0.4, 0.5) is 5.69 Å². The van der Waals surface area contributed by atoms with Gasteiger partial charge in [-0.15, -0.1) is 0 Å². The molecule has 3 heterocycles. The van der Waals surface area contributed by atoms with Crippen molar-refractivity contribution in [1.29, 1.82) is 0 Å². The molecular formula is C29H26N4O4. The van der Waals surface area contributed by atoms with Crippen LogP contribution in [0, 0.1) is 0 Å². The Morgan fingerprint density at radius 1 is 0.919 bits per heavy atom. The number of rotatable bonds is 7. The molecule has 0 unspecified atom stereocenters. The fourth-order valence-electron chi connectivity index (χ4n) is 5.33. The van der Waals surface area contributed by atoms with Crippen molar-refractivity contribution in [3.8, 4) is 5.75 Å². The monoisotopic (exact) mass is 494 g/mol. The van der Waals surface area contributed by atoms with Crippen LogP contribution >= 0.6 is 0 Å². The van der Waals surface area contributed by atoms with Crippen LogP contribution in [0.15, 0.2) is 79.0 Å². The number of amides is 3. The maximum atomic E-state index is 13.5. The molecule has 0 bridgehead atoms. The first-order chi connectivity index (χ1) is 18.1. The number of methoxy groups -OCH3 is 1. The van der Waals surface area contributed by atoms with Gasteiger partial charge >= 0.3 is 0 Å². The molecule has 0 fully saturated rings. The highest BCUT2D eigenvalue weighted by Gasteiger charge is 2.47. The van der Waals surface area contributed by atoms with Gasteiger partial charge in [0.25, 0.3) is 11.8 Å². The molecule has 3 amide bonds. The van der Waals surface area contributed by atoms with Gasteiger partial charge in [-0.2, -0.15) is 0 Å². The van der Waals surface area contributed by atoms with E-state index in [1.165, 1.54) is 0 Å². The van der Waals surface area contributed by atoms with Crippen molar-refractivity contribution in [1.82, 2.24) is 14.8 Å². The molecule has 8 heteroatoms. The minimum Gasteiger partial charge on any atom is -0.497 e. The highest BCUT2D eigenvalue weighted by atomic mass is 16.5. The number of fused-ring (bicyclic) bond motifs is 6. The third-order valence-electron chi connectivity index (χ3n) is 7.12. The second-order valence-electron chi connectivity index (χ2n) is 9.19. The molecule has 6 rings (SSSR count). The molecule has 0 saturated carbocycles. The van der Waals surface area contributed by atoms with Crippen molar-refractivity contribution in [2.45, 2.75) is 19.1 Å². The Morgan fingerprint density at radius 3 is 2.54 bits per heavy atom. The number of hydrogen-bond acceptors (Lipinski definition) is 4. The first-order valence-corrected chi connectivity index (χ1v) is 12.3. The lowest BCUT2D eigenvalue weighted by Crippen LogP contribution is -2.49. The van der Waals surface area contributed by atoms with Crippen molar-refractivity contribution >= 4 is 34.3 Å². The maximum absolute atomic E-state index is 13.5. The zero-order valence-corrected chi connectivity index (χ0v) is 20.4. The molecule has 0 radical (unpaired) electrons. The topological polar surface area (TPSA) is 83.9 Å². The lowest BCUT2D eigenvalue weighted by molar-refractivity contribution is -0.121. The largest absolute Gasteiger partial charge is 0.497 e. The standard InChI is InChI=1S/C29H26N4O4/c1-37-20-10-11-24-19(18-20)12-15-31(24)17-14-30-26(34)13-16-32-27-21-6-2-3-7-22(21)29(36)33(27)25-9-5-4-8-23(25)28(32)35/h2-12,15,18,27H,13-14,16-17H2,1H3,(H,30,34)/t27-/m0/s1. The molecule has 2 aliphatic rings. The highest BCUT2D eigenvalue weighted by Crippen LogP contribution is 2.45. The summed E-state index contributed by atoms with van der Waals surface area (Å²) in [6, 6.07) is 22.4. The molecule has 1 N–H and O–H groups in total. The van der Waals surface area contributed by atoms with E-state index in [1.54, 1.807) is 41.2 Å². The van der Waals surface area contributed by atoms with E-state index in [4.69, 9.17) is 4.74 Å². The number of hydrogen-bond donors (Lipinski definition) is 1. The van der Waals surface area contributed by atoms with E-state index in [-0.39, 0.29) is 30.7 Å². The summed E-state index contributed by atoms with van der Waals surface area (Å²) in [6.45, 7) is 1.28. The summed E-state index contributed by atoms with van der Waals surface area (Å²) in [5.74, 6) is 0.350. The number of benzene rings is 3. The smallest absolute Gasteiger partial charge is 0.260 e. The molecular weight excluding hydrogens is 468 g/mol. The summed E-state index contributed by atoms with van der Waals surface area (Å²) < 4.78 is 7.37. The molecule has 0 aliphatic carbocycles. The molecule has 1 aromatic heterocycles. The Labute approximate surface area is 214 Å². The summed E-state index contributed by atoms with van der Waals surface area (Å²) in [4.78, 5) is 42.8. The quantitative estimate of drug-likeness (QED) is 0.421. The molecule has 37 heavy (non-hydrogen) atoms. The van der Waals surface area contributed by atoms with E-state index in [0.717, 1.165) is 22.2 Å². The van der Waals surface area contributed by atoms with Gasteiger partial charge in [0, 0.05) is 54.3 Å². The number of carbonyl (C=O) groups is 3. The van der Waals surface area contributed by atoms with Crippen LogP contribution in [0.5, 0.6) is 5.75 Å². The fraction of sp³-hybridized carbons (Fsp3) is 0.207. The maximum Gasteiger partial charge on any atom is 0.260 e. The van der Waals surface area contributed by atoms with Gasteiger partial charge in [0.1, 0.15) is 11.9 Å². The lowest BCUT2D eigenvalue weighted by atomic mass is 10.0. The van der Waals surface area contributed by atoms with Gasteiger partial charge < -0.3 is 19.5 Å². The molecule has 0 spiro atoms. The second kappa shape index (κ2) is 9.13. The number of nitrogens with zero attached hydrogens (tertiary/aromatic N) is 3. The minimum absolute atomic E-state index is 0.133. The van der Waals surface area contributed by atoms with Gasteiger partial charge in [-0.1, -0.05) is 30.3 Å². The second-order valence-corrected chi connectivity index (χ2v) is 9.19. The van der Waals surface area contributed by atoms with E-state index < -0.39 is 6.17 Å². The van der Waals surface area contributed by atoms with Crippen LogP contribution in [0.2, 0.25) is 0 Å². The summed E-state index contributed by atoms with van der Waals surface area (Å²) in [5.41, 5.74) is 3.51. The van der Waals surface area contributed by atoms with Gasteiger partial charge in [-0.05, 0) is 42.5 Å². The van der Waals surface area contributed by atoms with E-state index in [0.29, 0.717) is 29.9 Å². The third-order valence-corrected chi connectivity index (χ3v) is 7.12. The van der Waals surface area contributed by atoms with Crippen LogP contribution < -0.4 is 15.0 Å². The summed E-state index contributed by atoms with van der Waals surface area (Å²) >= 11 is 0. The van der Waals surface area contributed by atoms with Crippen molar-refractivity contribution in [2.24, 2.45) is 0 Å². The Balaban J connectivity index is 1.15. The van der Waals surface area contributed by atoms with E-state index in [1.807, 2.05) is 54.7 Å². The average molecular weight is 495 g/mol. The van der Waals surface area contributed by atoms with Gasteiger partial charge in [-0.3, -0.25) is 19.3 Å². The van der Waals surface area contributed by atoms with Crippen LogP contribution in [0.1, 0.15) is 38.9 Å². The van der Waals surface area contributed by atoms with Gasteiger partial charge in [-0.25, -0.2) is 0 Å². The van der Waals surface area contributed by atoms with Crippen molar-refractivity contribution in [3.63, 3.8) is 0 Å². The molecule has 3 aromatic carbocycles. The van der Waals surface area contributed by atoms with E-state index in [2.05, 4.69) is 9.88 Å². The minimum atomic E-state index is -0.554. The number of para-hydroxylation sites is 1. The number of aromatic nitrogens is 1. The number of anilines is 1. The molecule has 1 atom stereocenters. The van der Waals surface area contributed by atoms with Crippen molar-refractivity contribution in [2.75, 3.05) is 25.1 Å². The molecule has 0 saturated heterocycles. The summed E-state index contributed by atoms with van der Waals surface area (Å²) in [7, 11) is 1.64. The van der Waals surface area contributed by atoms with E-state index in [9.17, 15) is 14.4 Å². The number of carbonyl (C=O) groups excluding carboxylic acids is 3. The van der Waals surface area contributed by atoms with E-state index >= 15 is 0 Å². The Bertz CT molecular complexity index is 1540. The van der Waals surface area contributed by atoms with Crippen LogP contribution in [-0.4, -0.2) is 47.4 Å². The zero-order valence-electron chi connectivity index (χ0n) is 20.4. The van der Waals surface area contributed by atoms with Crippen molar-refractivity contribution < 1.29 is 19.1 Å². The summed E-state index contributed by atoms with van der Waals surface area (Å²) in [6.07, 6.45) is 1.57. The Hall–Kier alpha value is -4.59. The van der Waals surface area contributed by atoms with Crippen LogP contribution in [0.25, 0.3) is 10.9 Å². The summed E-state index contributed by atoms with van der Waals surface area (Å²) in [5, 5.41) is 4.04. The lowest BCUT2D eigenvalue weighted by Gasteiger charge is -2.40. The highest BCUT2D eigenvalue weighted by molar-refractivity contribution is 6.16. The van der Waals surface area contributed by atoms with Crippen LogP contribution in [0.3, 0.4) is 0 Å². The predicted molar refractivity (Wildman–Crippen MR) is 140 cm³/mol. The van der Waals surface area contributed by atoms with Gasteiger partial charge in [0.15, 0.2) is 0 Å². The van der Waals surface area contributed by atoms with Crippen LogP contribution in [-0.2, 0) is 11.3 Å². The first-order valence-electron chi connectivity index (χ1n) is 12.3. The predicted octanol–water partition coefficient (Wildman–Crippen LogP) is 3.97. The average Bonchev–Trinajstić information content (AvgIpc) is 3.47. The van der Waals surface area contributed by atoms with Crippen molar-refractivity contribution in [3.05, 3.63) is 95.7 Å². The molecule has 2 aliphatic heterocycles. The molecule has 8 nitrogen and oxygen atoms in total. The first kappa shape index (κ1) is 22.8. The SMILES string of the molecule is COc1ccc2c(ccn2CCNC(=O)CCN2C(=O)c3ccccc3N3C(=O)c4ccccc4[C@@H]23)c1. The number of nitrogens with one attached hydrogen (secondary N) is 1. The number of ether oxygens (including phenoxy) is 1. The Kier molecular flexibility index (Phi) is 5.64. The molecule has 186 valence electrons. The Morgan fingerprint density at radius 2 is 1.70 bits per heavy atom. The fourth-order valence-corrected chi connectivity index (χ4v) is 5.33. The van der Waals surface area contributed by atoms with Gasteiger partial charge in [0.05, 0.1) is 18.4 Å². The third kappa shape index (κ3) is 3.81. The normalized spacial score (nSPS) is 16.0. The van der Waals surface area contributed by atoms with Gasteiger partial charge in [0.2, 0.25) is 5.91 Å². The molecule has 4 aromatic rings.